The van der Waals surface area contributed by atoms with Gasteiger partial charge in [-0.3, -0.25) is 9.69 Å². The highest BCUT2D eigenvalue weighted by Gasteiger charge is 2.32. The van der Waals surface area contributed by atoms with Crippen molar-refractivity contribution in [1.82, 2.24) is 5.32 Å². The van der Waals surface area contributed by atoms with E-state index in [4.69, 9.17) is 19.5 Å². The number of rotatable bonds is 7. The second-order valence-corrected chi connectivity index (χ2v) is 8.13. The molecule has 0 spiro atoms. The maximum atomic E-state index is 14.9. The molecule has 1 fully saturated rings. The van der Waals surface area contributed by atoms with Crippen LogP contribution in [0.1, 0.15) is 17.3 Å². The first-order valence-corrected chi connectivity index (χ1v) is 11.0. The molecular formula is C25H22BFN2O7. The summed E-state index contributed by atoms with van der Waals surface area (Å²) in [6.45, 7) is 1.72. The van der Waals surface area contributed by atoms with E-state index in [9.17, 15) is 18.8 Å². The number of cyclic esters (lactones) is 1. The Bertz CT molecular complexity index is 1280. The van der Waals surface area contributed by atoms with Gasteiger partial charge in [-0.05, 0) is 53.5 Å². The van der Waals surface area contributed by atoms with Crippen molar-refractivity contribution in [3.63, 3.8) is 0 Å². The number of nitrogens with zero attached hydrogens (tertiary/aromatic N) is 1. The molecule has 36 heavy (non-hydrogen) atoms. The first-order valence-electron chi connectivity index (χ1n) is 11.0. The zero-order valence-electron chi connectivity index (χ0n) is 19.2. The minimum absolute atomic E-state index is 0.173. The molecule has 0 aromatic heterocycles. The van der Waals surface area contributed by atoms with Crippen LogP contribution >= 0.6 is 0 Å². The number of carbonyl (C=O) groups excluding carboxylic acids is 3. The summed E-state index contributed by atoms with van der Waals surface area (Å²) in [4.78, 5) is 36.9. The molecule has 3 N–H and O–H groups in total. The fraction of sp³-hybridized carbons (Fsp3) is 0.160. The fourth-order valence-corrected chi connectivity index (χ4v) is 3.66. The molecule has 11 heteroatoms. The summed E-state index contributed by atoms with van der Waals surface area (Å²) in [6.07, 6.45) is -1.15. The SMILES string of the molecule is CC(=O)NC[C@H]1CN(c2ccc(-c3ccc(OC(=O)c4ccc(B(O)O)cc4)cc3)c(F)c2)C(=O)O1. The molecule has 1 saturated heterocycles. The van der Waals surface area contributed by atoms with Gasteiger partial charge in [0.1, 0.15) is 17.7 Å². The van der Waals surface area contributed by atoms with Gasteiger partial charge in [0.2, 0.25) is 5.91 Å². The molecular weight excluding hydrogens is 470 g/mol. The monoisotopic (exact) mass is 492 g/mol. The molecule has 184 valence electrons. The maximum absolute atomic E-state index is 14.9. The van der Waals surface area contributed by atoms with Crippen LogP contribution in [0.2, 0.25) is 0 Å². The zero-order valence-corrected chi connectivity index (χ0v) is 19.2. The Morgan fingerprint density at radius 1 is 1.11 bits per heavy atom. The number of nitrogens with one attached hydrogen (secondary N) is 1. The summed E-state index contributed by atoms with van der Waals surface area (Å²) >= 11 is 0. The van der Waals surface area contributed by atoms with Gasteiger partial charge in [0.15, 0.2) is 0 Å². The van der Waals surface area contributed by atoms with Crippen molar-refractivity contribution in [1.29, 1.82) is 0 Å². The van der Waals surface area contributed by atoms with Crippen LogP contribution in [0.15, 0.2) is 66.7 Å². The minimum atomic E-state index is -1.63. The summed E-state index contributed by atoms with van der Waals surface area (Å²) in [6, 6.07) is 16.3. The Morgan fingerprint density at radius 3 is 2.42 bits per heavy atom. The van der Waals surface area contributed by atoms with Crippen molar-refractivity contribution >= 4 is 36.2 Å². The van der Waals surface area contributed by atoms with Crippen LogP contribution < -0.4 is 20.4 Å². The van der Waals surface area contributed by atoms with Crippen molar-refractivity contribution in [3.8, 4) is 16.9 Å². The highest BCUT2D eigenvalue weighted by Crippen LogP contribution is 2.30. The van der Waals surface area contributed by atoms with Gasteiger partial charge in [-0.2, -0.15) is 0 Å². The average Bonchev–Trinajstić information content (AvgIpc) is 3.23. The van der Waals surface area contributed by atoms with Gasteiger partial charge in [-0.1, -0.05) is 24.3 Å². The second kappa shape index (κ2) is 10.6. The molecule has 0 bridgehead atoms. The Labute approximate surface area is 206 Å². The van der Waals surface area contributed by atoms with Gasteiger partial charge in [0.05, 0.1) is 24.3 Å². The molecule has 9 nitrogen and oxygen atoms in total. The first-order chi connectivity index (χ1) is 17.2. The first kappa shape index (κ1) is 24.9. The van der Waals surface area contributed by atoms with Crippen LogP contribution in [-0.2, 0) is 9.53 Å². The summed E-state index contributed by atoms with van der Waals surface area (Å²) in [5.41, 5.74) is 1.63. The topological polar surface area (TPSA) is 125 Å². The van der Waals surface area contributed by atoms with E-state index in [1.807, 2.05) is 0 Å². The quantitative estimate of drug-likeness (QED) is 0.261. The predicted octanol–water partition coefficient (Wildman–Crippen LogP) is 1.85. The number of benzene rings is 3. The lowest BCUT2D eigenvalue weighted by molar-refractivity contribution is -0.119. The third-order valence-corrected chi connectivity index (χ3v) is 5.54. The van der Waals surface area contributed by atoms with Gasteiger partial charge in [-0.25, -0.2) is 14.0 Å². The van der Waals surface area contributed by atoms with Crippen LogP contribution in [-0.4, -0.2) is 54.3 Å². The molecule has 1 aliphatic heterocycles. The number of halogens is 1. The third kappa shape index (κ3) is 5.70. The Balaban J connectivity index is 1.42. The molecule has 3 aromatic rings. The van der Waals surface area contributed by atoms with E-state index in [-0.39, 0.29) is 41.3 Å². The standard InChI is InChI=1S/C25H22BFN2O7/c1-15(30)28-13-21-14-29(25(32)36-21)19-8-11-22(23(27)12-19)16-4-9-20(10-5-16)35-24(31)17-2-6-18(7-3-17)26(33)34/h2-12,21,33-34H,13-14H2,1H3,(H,28,30)/t21-/m0/s1. The minimum Gasteiger partial charge on any atom is -0.442 e. The third-order valence-electron chi connectivity index (χ3n) is 5.54. The molecule has 1 heterocycles. The van der Waals surface area contributed by atoms with Crippen LogP contribution in [0, 0.1) is 5.82 Å². The largest absolute Gasteiger partial charge is 0.488 e. The molecule has 0 unspecified atom stereocenters. The average molecular weight is 492 g/mol. The van der Waals surface area contributed by atoms with E-state index >= 15 is 0 Å². The zero-order chi connectivity index (χ0) is 25.8. The summed E-state index contributed by atoms with van der Waals surface area (Å²) in [5, 5.41) is 20.9. The van der Waals surface area contributed by atoms with Crippen molar-refractivity contribution in [2.75, 3.05) is 18.0 Å². The number of hydrogen-bond acceptors (Lipinski definition) is 7. The van der Waals surface area contributed by atoms with Crippen LogP contribution in [0.5, 0.6) is 5.75 Å². The van der Waals surface area contributed by atoms with E-state index in [1.54, 1.807) is 18.2 Å². The Hall–Kier alpha value is -4.22. The van der Waals surface area contributed by atoms with Crippen LogP contribution in [0.25, 0.3) is 11.1 Å². The highest BCUT2D eigenvalue weighted by molar-refractivity contribution is 6.58. The lowest BCUT2D eigenvalue weighted by Crippen LogP contribution is -2.33. The second-order valence-electron chi connectivity index (χ2n) is 8.13. The number of hydrogen-bond donors (Lipinski definition) is 3. The predicted molar refractivity (Wildman–Crippen MR) is 129 cm³/mol. The van der Waals surface area contributed by atoms with Crippen molar-refractivity contribution in [2.24, 2.45) is 0 Å². The number of carbonyl (C=O) groups is 3. The van der Waals surface area contributed by atoms with E-state index < -0.39 is 31.1 Å². The number of anilines is 1. The molecule has 0 saturated carbocycles. The molecule has 0 radical (unpaired) electrons. The lowest BCUT2D eigenvalue weighted by atomic mass is 9.80. The number of esters is 1. The molecule has 1 aliphatic rings. The van der Waals surface area contributed by atoms with Crippen molar-refractivity contribution in [3.05, 3.63) is 78.1 Å². The summed E-state index contributed by atoms with van der Waals surface area (Å²) in [7, 11) is -1.63. The van der Waals surface area contributed by atoms with Gasteiger partial charge >= 0.3 is 19.2 Å². The normalized spacial score (nSPS) is 14.8. The van der Waals surface area contributed by atoms with Gasteiger partial charge in [0, 0.05) is 12.5 Å². The van der Waals surface area contributed by atoms with Crippen LogP contribution in [0.4, 0.5) is 14.9 Å². The number of ether oxygens (including phenoxy) is 2. The van der Waals surface area contributed by atoms with E-state index in [2.05, 4.69) is 5.32 Å². The highest BCUT2D eigenvalue weighted by atomic mass is 19.1. The molecule has 1 atom stereocenters. The summed E-state index contributed by atoms with van der Waals surface area (Å²) in [5.74, 6) is -1.18. The molecule has 4 rings (SSSR count). The smallest absolute Gasteiger partial charge is 0.442 e. The van der Waals surface area contributed by atoms with Crippen molar-refractivity contribution in [2.45, 2.75) is 13.0 Å². The van der Waals surface area contributed by atoms with Gasteiger partial charge in [0.25, 0.3) is 0 Å². The molecule has 2 amide bonds. The Kier molecular flexibility index (Phi) is 7.32. The van der Waals surface area contributed by atoms with Crippen LogP contribution in [0.3, 0.4) is 0 Å². The number of amides is 2. The maximum Gasteiger partial charge on any atom is 0.488 e. The molecule has 0 aliphatic carbocycles. The van der Waals surface area contributed by atoms with E-state index in [0.717, 1.165) is 0 Å². The van der Waals surface area contributed by atoms with E-state index in [0.29, 0.717) is 11.3 Å². The van der Waals surface area contributed by atoms with Gasteiger partial charge in [-0.15, -0.1) is 0 Å². The van der Waals surface area contributed by atoms with E-state index in [1.165, 1.54) is 60.4 Å². The Morgan fingerprint density at radius 2 is 1.81 bits per heavy atom. The lowest BCUT2D eigenvalue weighted by Gasteiger charge is -2.14. The molecule has 3 aromatic carbocycles. The van der Waals surface area contributed by atoms with Crippen molar-refractivity contribution < 1.29 is 38.3 Å². The summed E-state index contributed by atoms with van der Waals surface area (Å²) < 4.78 is 25.5. The van der Waals surface area contributed by atoms with Gasteiger partial charge < -0.3 is 24.8 Å². The fourth-order valence-electron chi connectivity index (χ4n) is 3.66.